The van der Waals surface area contributed by atoms with Crippen molar-refractivity contribution >= 4 is 29.2 Å². The van der Waals surface area contributed by atoms with Gasteiger partial charge in [-0.3, -0.25) is 9.69 Å². The number of hydrogen-bond acceptors (Lipinski definition) is 7. The second-order valence-electron chi connectivity index (χ2n) is 11.0. The molecule has 9 heteroatoms. The van der Waals surface area contributed by atoms with Gasteiger partial charge in [0.1, 0.15) is 11.4 Å². The quantitative estimate of drug-likeness (QED) is 0.448. The molecule has 0 radical (unpaired) electrons. The zero-order valence-corrected chi connectivity index (χ0v) is 22.8. The summed E-state index contributed by atoms with van der Waals surface area (Å²) in [6.07, 6.45) is 4.16. The summed E-state index contributed by atoms with van der Waals surface area (Å²) in [6.45, 7) is 5.53. The number of fused-ring (bicyclic) bond motifs is 1. The molecule has 0 spiro atoms. The van der Waals surface area contributed by atoms with Crippen molar-refractivity contribution < 1.29 is 19.4 Å². The van der Waals surface area contributed by atoms with Crippen molar-refractivity contribution in [1.82, 2.24) is 14.9 Å². The molecule has 2 N–H and O–H groups in total. The van der Waals surface area contributed by atoms with Crippen LogP contribution in [0.15, 0.2) is 54.2 Å². The van der Waals surface area contributed by atoms with Gasteiger partial charge < -0.3 is 15.2 Å². The van der Waals surface area contributed by atoms with E-state index in [-0.39, 0.29) is 23.9 Å². The molecule has 8 nitrogen and oxygen atoms in total. The van der Waals surface area contributed by atoms with Gasteiger partial charge in [0, 0.05) is 17.1 Å². The second-order valence-corrected chi connectivity index (χ2v) is 12.0. The lowest BCUT2D eigenvalue weighted by Gasteiger charge is -2.34. The van der Waals surface area contributed by atoms with Crippen LogP contribution in [0.1, 0.15) is 73.8 Å². The smallest absolute Gasteiger partial charge is 0.410 e. The van der Waals surface area contributed by atoms with Gasteiger partial charge in [0.2, 0.25) is 5.91 Å². The summed E-state index contributed by atoms with van der Waals surface area (Å²) < 4.78 is 5.75. The fraction of sp³-hybridized carbons (Fsp3) is 0.448. The zero-order valence-electron chi connectivity index (χ0n) is 22.0. The topological polar surface area (TPSA) is 105 Å². The molecule has 2 aliphatic rings. The highest BCUT2D eigenvalue weighted by molar-refractivity contribution is 7.09. The van der Waals surface area contributed by atoms with Gasteiger partial charge >= 0.3 is 6.09 Å². The van der Waals surface area contributed by atoms with Crippen LogP contribution in [0.3, 0.4) is 0 Å². The highest BCUT2D eigenvalue weighted by Crippen LogP contribution is 2.37. The van der Waals surface area contributed by atoms with Crippen LogP contribution in [0.2, 0.25) is 0 Å². The highest BCUT2D eigenvalue weighted by Gasteiger charge is 2.43. The van der Waals surface area contributed by atoms with Crippen LogP contribution >= 0.6 is 11.3 Å². The van der Waals surface area contributed by atoms with Gasteiger partial charge in [0.25, 0.3) is 0 Å². The molecule has 1 unspecified atom stereocenters. The molecule has 2 aromatic heterocycles. The molecule has 1 aliphatic heterocycles. The minimum Gasteiger partial charge on any atom is -0.444 e. The summed E-state index contributed by atoms with van der Waals surface area (Å²) in [5.41, 5.74) is 3.76. The largest absolute Gasteiger partial charge is 0.444 e. The van der Waals surface area contributed by atoms with Gasteiger partial charge in [-0.25, -0.2) is 14.8 Å². The Morgan fingerprint density at radius 2 is 1.92 bits per heavy atom. The number of ether oxygens (including phenoxy) is 1. The van der Waals surface area contributed by atoms with Crippen molar-refractivity contribution in [2.45, 2.75) is 82.6 Å². The molecule has 3 aromatic rings. The fourth-order valence-corrected chi connectivity index (χ4v) is 6.26. The van der Waals surface area contributed by atoms with Gasteiger partial charge in [-0.1, -0.05) is 36.4 Å². The maximum atomic E-state index is 13.3. The van der Waals surface area contributed by atoms with E-state index >= 15 is 0 Å². The van der Waals surface area contributed by atoms with E-state index in [1.807, 2.05) is 57.2 Å². The SMILES string of the molecule is CC(C)(C)OC(=O)N1[C@H](Cc2ccc(NC(=O)C3CCc4scnc43)nc2)CC[C@@H]1[C@H](O)c1ccccc1. The number of aryl methyl sites for hydroxylation is 1. The summed E-state index contributed by atoms with van der Waals surface area (Å²) in [6, 6.07) is 12.6. The standard InChI is InChI=1S/C29H34N4O4S/c1-29(2,3)37-28(36)33-20(10-12-22(33)26(34)19-7-5-4-6-8-19)15-18-9-14-24(30-16-18)32-27(35)21-11-13-23-25(21)31-17-38-23/h4-9,14,16-17,20-22,26,34H,10-13,15H2,1-3H3,(H,30,32,35)/t20-,21?,22+,26+/m0/s1. The lowest BCUT2D eigenvalue weighted by atomic mass is 10.0. The van der Waals surface area contributed by atoms with E-state index in [0.717, 1.165) is 36.1 Å². The van der Waals surface area contributed by atoms with Gasteiger partial charge in [0.15, 0.2) is 0 Å². The minimum atomic E-state index is -0.807. The van der Waals surface area contributed by atoms with Crippen molar-refractivity contribution in [2.75, 3.05) is 5.32 Å². The number of aliphatic hydroxyl groups is 1. The van der Waals surface area contributed by atoms with Crippen LogP contribution in [0, 0.1) is 0 Å². The Morgan fingerprint density at radius 3 is 2.63 bits per heavy atom. The van der Waals surface area contributed by atoms with Crippen molar-refractivity contribution in [1.29, 1.82) is 0 Å². The normalized spacial score (nSPS) is 21.7. The van der Waals surface area contributed by atoms with Gasteiger partial charge in [-0.05, 0) is 70.1 Å². The average molecular weight is 535 g/mol. The molecule has 1 aromatic carbocycles. The average Bonchev–Trinajstić information content (AvgIpc) is 3.60. The third-order valence-corrected chi connectivity index (χ3v) is 8.09. The number of amides is 2. The molecular weight excluding hydrogens is 500 g/mol. The number of benzene rings is 1. The number of rotatable bonds is 6. The number of anilines is 1. The number of nitrogens with one attached hydrogen (secondary N) is 1. The molecule has 0 bridgehead atoms. The maximum absolute atomic E-state index is 13.3. The number of pyridine rings is 1. The zero-order chi connectivity index (χ0) is 26.9. The number of carbonyl (C=O) groups excluding carboxylic acids is 2. The monoisotopic (exact) mass is 534 g/mol. The summed E-state index contributed by atoms with van der Waals surface area (Å²) in [5, 5.41) is 14.1. The van der Waals surface area contributed by atoms with Crippen molar-refractivity contribution in [3.63, 3.8) is 0 Å². The van der Waals surface area contributed by atoms with E-state index in [9.17, 15) is 14.7 Å². The van der Waals surface area contributed by atoms with Crippen LogP contribution in [-0.4, -0.2) is 49.7 Å². The lowest BCUT2D eigenvalue weighted by molar-refractivity contribution is -0.117. The minimum absolute atomic E-state index is 0.0838. The first-order valence-electron chi connectivity index (χ1n) is 13.1. The van der Waals surface area contributed by atoms with Gasteiger partial charge in [0.05, 0.1) is 29.3 Å². The molecule has 3 heterocycles. The maximum Gasteiger partial charge on any atom is 0.410 e. The Labute approximate surface area is 227 Å². The molecular formula is C29H34N4O4S. The number of likely N-dealkylation sites (tertiary alicyclic amines) is 1. The Morgan fingerprint density at radius 1 is 1.13 bits per heavy atom. The summed E-state index contributed by atoms with van der Waals surface area (Å²) in [7, 11) is 0. The number of aromatic nitrogens is 2. The molecule has 38 heavy (non-hydrogen) atoms. The van der Waals surface area contributed by atoms with Crippen LogP contribution in [0.5, 0.6) is 0 Å². The molecule has 1 aliphatic carbocycles. The number of aliphatic hydroxyl groups excluding tert-OH is 1. The lowest BCUT2D eigenvalue weighted by Crippen LogP contribution is -2.47. The van der Waals surface area contributed by atoms with E-state index < -0.39 is 17.8 Å². The molecule has 2 amide bonds. The predicted octanol–water partition coefficient (Wildman–Crippen LogP) is 5.25. The summed E-state index contributed by atoms with van der Waals surface area (Å²) in [5.74, 6) is 0.182. The number of hydrogen-bond donors (Lipinski definition) is 2. The van der Waals surface area contributed by atoms with Crippen molar-refractivity contribution in [3.8, 4) is 0 Å². The number of carbonyl (C=O) groups is 2. The summed E-state index contributed by atoms with van der Waals surface area (Å²) >= 11 is 1.60. The fourth-order valence-electron chi connectivity index (χ4n) is 5.42. The first-order valence-corrected chi connectivity index (χ1v) is 14.0. The Kier molecular flexibility index (Phi) is 7.49. The third-order valence-electron chi connectivity index (χ3n) is 7.18. The second kappa shape index (κ2) is 10.8. The van der Waals surface area contributed by atoms with Crippen LogP contribution in [0.25, 0.3) is 0 Å². The van der Waals surface area contributed by atoms with Crippen LogP contribution in [-0.2, 0) is 22.4 Å². The first-order chi connectivity index (χ1) is 18.2. The van der Waals surface area contributed by atoms with E-state index in [0.29, 0.717) is 18.7 Å². The Hall–Kier alpha value is -3.30. The van der Waals surface area contributed by atoms with E-state index in [1.165, 1.54) is 4.88 Å². The first kappa shape index (κ1) is 26.3. The molecule has 0 saturated carbocycles. The molecule has 5 rings (SSSR count). The van der Waals surface area contributed by atoms with Crippen LogP contribution in [0.4, 0.5) is 10.6 Å². The molecule has 200 valence electrons. The van der Waals surface area contributed by atoms with Gasteiger partial charge in [-0.2, -0.15) is 0 Å². The number of nitrogens with zero attached hydrogens (tertiary/aromatic N) is 3. The Bertz CT molecular complexity index is 1270. The van der Waals surface area contributed by atoms with Gasteiger partial charge in [-0.15, -0.1) is 11.3 Å². The van der Waals surface area contributed by atoms with E-state index in [1.54, 1.807) is 34.0 Å². The molecule has 4 atom stereocenters. The van der Waals surface area contributed by atoms with E-state index in [2.05, 4.69) is 15.3 Å². The molecule has 1 saturated heterocycles. The Balaban J connectivity index is 1.28. The highest BCUT2D eigenvalue weighted by atomic mass is 32.1. The van der Waals surface area contributed by atoms with E-state index in [4.69, 9.17) is 4.74 Å². The van der Waals surface area contributed by atoms with Crippen LogP contribution < -0.4 is 5.32 Å². The van der Waals surface area contributed by atoms with Crippen molar-refractivity contribution in [2.24, 2.45) is 0 Å². The summed E-state index contributed by atoms with van der Waals surface area (Å²) in [4.78, 5) is 37.9. The third kappa shape index (κ3) is 5.73. The molecule has 1 fully saturated rings. The number of thiazole rings is 1. The van der Waals surface area contributed by atoms with Crippen molar-refractivity contribution in [3.05, 3.63) is 75.9 Å². The predicted molar refractivity (Wildman–Crippen MR) is 146 cm³/mol.